The molecule has 1 aromatic rings. The van der Waals surface area contributed by atoms with Gasteiger partial charge in [-0.3, -0.25) is 15.0 Å². The van der Waals surface area contributed by atoms with E-state index in [-0.39, 0.29) is 30.1 Å². The van der Waals surface area contributed by atoms with Crippen LogP contribution in [0.3, 0.4) is 0 Å². The predicted octanol–water partition coefficient (Wildman–Crippen LogP) is 3.58. The van der Waals surface area contributed by atoms with E-state index in [2.05, 4.69) is 41.5 Å². The topological polar surface area (TPSA) is 77.0 Å². The monoisotopic (exact) mass is 425 g/mol. The number of nitrogens with zero attached hydrogens (tertiary/aromatic N) is 3. The maximum absolute atomic E-state index is 13.2. The Balaban J connectivity index is 1.43. The molecule has 0 spiro atoms. The average Bonchev–Trinajstić information content (AvgIpc) is 3.16. The molecule has 4 rings (SSSR count). The molecule has 0 aromatic heterocycles. The molecule has 2 amide bonds. The quantitative estimate of drug-likeness (QED) is 0.730. The summed E-state index contributed by atoms with van der Waals surface area (Å²) in [4.78, 5) is 30.1. The first kappa shape index (κ1) is 21.7. The summed E-state index contributed by atoms with van der Waals surface area (Å²) >= 11 is 0. The second kappa shape index (κ2) is 8.89. The molecule has 31 heavy (non-hydrogen) atoms. The Labute approximate surface area is 185 Å². The third-order valence-corrected chi connectivity index (χ3v) is 6.78. The highest BCUT2D eigenvalue weighted by Gasteiger charge is 2.50. The minimum Gasteiger partial charge on any atom is -0.326 e. The van der Waals surface area contributed by atoms with Crippen LogP contribution in [0.15, 0.2) is 23.3 Å². The number of amides is 2. The smallest absolute Gasteiger partial charge is 0.230 e. The summed E-state index contributed by atoms with van der Waals surface area (Å²) in [5.74, 6) is 1.58. The number of benzene rings is 1. The summed E-state index contributed by atoms with van der Waals surface area (Å²) in [6, 6.07) is 6.16. The molecule has 168 valence electrons. The van der Waals surface area contributed by atoms with E-state index in [1.807, 2.05) is 30.0 Å². The molecule has 1 saturated carbocycles. The van der Waals surface area contributed by atoms with Crippen LogP contribution in [0.1, 0.15) is 63.5 Å². The number of hydrazone groups is 1. The van der Waals surface area contributed by atoms with Crippen LogP contribution in [-0.4, -0.2) is 46.3 Å². The summed E-state index contributed by atoms with van der Waals surface area (Å²) in [5, 5.41) is 7.59. The summed E-state index contributed by atoms with van der Waals surface area (Å²) in [7, 11) is 0. The fourth-order valence-electron chi connectivity index (χ4n) is 5.09. The molecular weight excluding hydrogens is 390 g/mol. The number of nitrogens with one attached hydrogen (secondary N) is 2. The molecule has 0 bridgehead atoms. The molecule has 3 unspecified atom stereocenters. The van der Waals surface area contributed by atoms with Gasteiger partial charge in [-0.05, 0) is 55.9 Å². The minimum atomic E-state index is -0.216. The number of carbonyl (C=O) groups is 2. The van der Waals surface area contributed by atoms with Gasteiger partial charge in [0, 0.05) is 31.1 Å². The Kier molecular flexibility index (Phi) is 6.21. The zero-order valence-electron chi connectivity index (χ0n) is 19.1. The van der Waals surface area contributed by atoms with Gasteiger partial charge in [0.25, 0.3) is 0 Å². The lowest BCUT2D eigenvalue weighted by molar-refractivity contribution is -0.156. The van der Waals surface area contributed by atoms with Crippen molar-refractivity contribution < 1.29 is 9.59 Å². The van der Waals surface area contributed by atoms with Crippen LogP contribution in [0.4, 0.5) is 5.69 Å². The lowest BCUT2D eigenvalue weighted by Gasteiger charge is -2.51. The highest BCUT2D eigenvalue weighted by molar-refractivity contribution is 5.95. The van der Waals surface area contributed by atoms with Crippen LogP contribution >= 0.6 is 0 Å². The van der Waals surface area contributed by atoms with E-state index in [1.165, 1.54) is 5.56 Å². The van der Waals surface area contributed by atoms with E-state index in [4.69, 9.17) is 0 Å². The van der Waals surface area contributed by atoms with Crippen LogP contribution < -0.4 is 10.7 Å². The third-order valence-electron chi connectivity index (χ3n) is 6.78. The second-order valence-electron chi connectivity index (χ2n) is 9.63. The summed E-state index contributed by atoms with van der Waals surface area (Å²) in [5.41, 5.74) is 6.41. The summed E-state index contributed by atoms with van der Waals surface area (Å²) < 4.78 is 0. The summed E-state index contributed by atoms with van der Waals surface area (Å²) in [6.07, 6.45) is 4.92. The van der Waals surface area contributed by atoms with E-state index in [0.717, 1.165) is 42.8 Å². The normalized spacial score (nSPS) is 25.1. The molecule has 7 heteroatoms. The molecular formula is C24H35N5O2. The molecule has 3 aliphatic rings. The fourth-order valence-corrected chi connectivity index (χ4v) is 5.09. The van der Waals surface area contributed by atoms with Gasteiger partial charge in [-0.1, -0.05) is 32.8 Å². The maximum Gasteiger partial charge on any atom is 0.230 e. The largest absolute Gasteiger partial charge is 0.326 e. The van der Waals surface area contributed by atoms with Gasteiger partial charge in [0.1, 0.15) is 5.84 Å². The van der Waals surface area contributed by atoms with Crippen molar-refractivity contribution in [1.82, 2.24) is 15.2 Å². The van der Waals surface area contributed by atoms with Crippen LogP contribution in [-0.2, 0) is 9.59 Å². The first-order valence-electron chi connectivity index (χ1n) is 11.6. The second-order valence-corrected chi connectivity index (χ2v) is 9.63. The Hall–Kier alpha value is -2.57. The first-order chi connectivity index (χ1) is 14.8. The van der Waals surface area contributed by atoms with Gasteiger partial charge in [-0.2, -0.15) is 5.10 Å². The number of aryl methyl sites for hydroxylation is 2. The molecule has 1 aromatic carbocycles. The maximum atomic E-state index is 13.2. The van der Waals surface area contributed by atoms with Crippen molar-refractivity contribution in [3.05, 3.63) is 29.3 Å². The first-order valence-corrected chi connectivity index (χ1v) is 11.6. The van der Waals surface area contributed by atoms with E-state index in [1.54, 1.807) is 0 Å². The van der Waals surface area contributed by atoms with Gasteiger partial charge < -0.3 is 15.1 Å². The zero-order valence-corrected chi connectivity index (χ0v) is 19.1. The Morgan fingerprint density at radius 3 is 2.74 bits per heavy atom. The molecule has 7 nitrogen and oxygen atoms in total. The number of rotatable bonds is 6. The van der Waals surface area contributed by atoms with Gasteiger partial charge in [-0.15, -0.1) is 0 Å². The van der Waals surface area contributed by atoms with E-state index < -0.39 is 0 Å². The van der Waals surface area contributed by atoms with Crippen LogP contribution in [0.2, 0.25) is 0 Å². The molecule has 2 heterocycles. The standard InChI is InChI=1S/C24H35N5O2/c1-15(2)14-28-23(31)19-7-5-6-8-20(19)29-21(26-27-24(28)29)11-12-22(30)25-18-10-9-16(3)17(4)13-18/h9-10,13,15,19-20,24,27H,5-8,11-12,14H2,1-4H3,(H,25,30). The van der Waals surface area contributed by atoms with Crippen molar-refractivity contribution in [3.8, 4) is 0 Å². The fraction of sp³-hybridized carbons (Fsp3) is 0.625. The molecule has 2 N–H and O–H groups in total. The number of hydrogen-bond donors (Lipinski definition) is 2. The number of amidine groups is 1. The van der Waals surface area contributed by atoms with E-state index in [9.17, 15) is 9.59 Å². The number of anilines is 1. The van der Waals surface area contributed by atoms with Gasteiger partial charge in [0.2, 0.25) is 11.8 Å². The number of hydrogen-bond acceptors (Lipinski definition) is 5. The SMILES string of the molecule is Cc1ccc(NC(=O)CCC2=NNC3N(CC(C)C)C(=O)C4CCCCC4N23)cc1C. The lowest BCUT2D eigenvalue weighted by Crippen LogP contribution is -2.67. The van der Waals surface area contributed by atoms with Gasteiger partial charge >= 0.3 is 0 Å². The Morgan fingerprint density at radius 1 is 1.23 bits per heavy atom. The molecule has 3 atom stereocenters. The summed E-state index contributed by atoms with van der Waals surface area (Å²) in [6.45, 7) is 9.10. The molecule has 0 radical (unpaired) electrons. The van der Waals surface area contributed by atoms with Crippen molar-refractivity contribution in [2.75, 3.05) is 11.9 Å². The van der Waals surface area contributed by atoms with Crippen LogP contribution in [0, 0.1) is 25.7 Å². The van der Waals surface area contributed by atoms with Crippen LogP contribution in [0.25, 0.3) is 0 Å². The van der Waals surface area contributed by atoms with Gasteiger partial charge in [-0.25, -0.2) is 0 Å². The highest BCUT2D eigenvalue weighted by Crippen LogP contribution is 2.38. The van der Waals surface area contributed by atoms with E-state index >= 15 is 0 Å². The van der Waals surface area contributed by atoms with Crippen molar-refractivity contribution >= 4 is 23.3 Å². The van der Waals surface area contributed by atoms with E-state index in [0.29, 0.717) is 25.3 Å². The molecule has 1 aliphatic carbocycles. The molecule has 2 fully saturated rings. The minimum absolute atomic E-state index is 0.0123. The van der Waals surface area contributed by atoms with Crippen molar-refractivity contribution in [1.29, 1.82) is 0 Å². The number of fused-ring (bicyclic) bond motifs is 3. The predicted molar refractivity (Wildman–Crippen MR) is 122 cm³/mol. The Bertz CT molecular complexity index is 881. The van der Waals surface area contributed by atoms with Gasteiger partial charge in [0.05, 0.1) is 5.92 Å². The third kappa shape index (κ3) is 4.41. The molecule has 2 aliphatic heterocycles. The van der Waals surface area contributed by atoms with Crippen molar-refractivity contribution in [2.45, 2.75) is 78.6 Å². The Morgan fingerprint density at radius 2 is 2.00 bits per heavy atom. The van der Waals surface area contributed by atoms with Crippen molar-refractivity contribution in [3.63, 3.8) is 0 Å². The van der Waals surface area contributed by atoms with Gasteiger partial charge in [0.15, 0.2) is 6.29 Å². The van der Waals surface area contributed by atoms with Crippen molar-refractivity contribution in [2.24, 2.45) is 16.9 Å². The lowest BCUT2D eigenvalue weighted by atomic mass is 9.80. The zero-order chi connectivity index (χ0) is 22.1. The number of carbonyl (C=O) groups excluding carboxylic acids is 2. The average molecular weight is 426 g/mol. The van der Waals surface area contributed by atoms with Crippen LogP contribution in [0.5, 0.6) is 0 Å². The molecule has 1 saturated heterocycles. The highest BCUT2D eigenvalue weighted by atomic mass is 16.2.